The van der Waals surface area contributed by atoms with E-state index in [2.05, 4.69) is 36.4 Å². The summed E-state index contributed by atoms with van der Waals surface area (Å²) in [5.41, 5.74) is 13.1. The Labute approximate surface area is 608 Å². The Morgan fingerprint density at radius 3 is 1.14 bits per heavy atom. The Bertz CT molecular complexity index is 4240. The van der Waals surface area contributed by atoms with Crippen LogP contribution in [0.2, 0.25) is 20.1 Å². The van der Waals surface area contributed by atoms with Crippen molar-refractivity contribution < 1.29 is 48.1 Å². The largest absolute Gasteiger partial charge is 0.508 e. The van der Waals surface area contributed by atoms with Crippen LogP contribution in [0.1, 0.15) is 133 Å². The maximum atomic E-state index is 10.8. The van der Waals surface area contributed by atoms with Crippen LogP contribution < -0.4 is 37.9 Å². The molecule has 98 heavy (non-hydrogen) atoms. The number of rotatable bonds is 8. The summed E-state index contributed by atoms with van der Waals surface area (Å²) >= 11 is 40.7. The van der Waals surface area contributed by atoms with Crippen molar-refractivity contribution in [2.45, 2.75) is 173 Å². The first-order valence-electron chi connectivity index (χ1n) is 33.1. The van der Waals surface area contributed by atoms with Gasteiger partial charge in [-0.2, -0.15) is 0 Å². The van der Waals surface area contributed by atoms with Crippen LogP contribution in [0, 0.1) is 41.5 Å². The highest BCUT2D eigenvalue weighted by molar-refractivity contribution is 6.34. The van der Waals surface area contributed by atoms with Gasteiger partial charge >= 0.3 is 0 Å². The van der Waals surface area contributed by atoms with Crippen molar-refractivity contribution in [1.82, 2.24) is 0 Å². The molecule has 0 atom stereocenters. The van der Waals surface area contributed by atoms with Crippen LogP contribution >= 0.6 is 69.6 Å². The molecule has 0 aliphatic carbocycles. The fraction of sp³-hybridized carbons (Fsp3) is 0.317. The minimum atomic E-state index is -0.0858. The highest BCUT2D eigenvalue weighted by Gasteiger charge is 2.24. The maximum Gasteiger partial charge on any atom is 0.172 e. The molecule has 12 rings (SSSR count). The van der Waals surface area contributed by atoms with Gasteiger partial charge in [0.2, 0.25) is 0 Å². The summed E-state index contributed by atoms with van der Waals surface area (Å²) in [7, 11) is 0. The summed E-state index contributed by atoms with van der Waals surface area (Å²) in [6, 6.07) is 30.5. The van der Waals surface area contributed by atoms with Crippen molar-refractivity contribution in [2.24, 2.45) is 0 Å². The van der Waals surface area contributed by atoms with Crippen molar-refractivity contribution in [2.75, 3.05) is 0 Å². The van der Waals surface area contributed by atoms with Gasteiger partial charge in [0.25, 0.3) is 0 Å². The van der Waals surface area contributed by atoms with Crippen molar-refractivity contribution in [3.63, 3.8) is 0 Å². The van der Waals surface area contributed by atoms with E-state index in [-0.39, 0.29) is 40.9 Å². The molecule has 8 aromatic rings. The van der Waals surface area contributed by atoms with E-state index in [1.807, 2.05) is 170 Å². The number of benzene rings is 8. The molecule has 16 heteroatoms. The van der Waals surface area contributed by atoms with Gasteiger partial charge in [0, 0.05) is 51.2 Å². The van der Waals surface area contributed by atoms with Crippen molar-refractivity contribution >= 4 is 69.6 Å². The number of allylic oxidation sites excluding steroid dienone is 8. The van der Waals surface area contributed by atoms with E-state index < -0.39 is 0 Å². The zero-order valence-electron chi connectivity index (χ0n) is 58.1. The molecule has 0 fully saturated rings. The summed E-state index contributed by atoms with van der Waals surface area (Å²) in [6.07, 6.45) is 16.0. The van der Waals surface area contributed by atoms with E-state index in [9.17, 15) is 10.2 Å². The molecule has 0 radical (unpaired) electrons. The second-order valence-corrected chi connectivity index (χ2v) is 28.7. The lowest BCUT2D eigenvalue weighted by Gasteiger charge is -2.20. The van der Waals surface area contributed by atoms with Gasteiger partial charge in [-0.15, -0.1) is 0 Å². The number of aromatic hydroxyl groups is 2. The predicted molar refractivity (Wildman–Crippen MR) is 402 cm³/mol. The Hall–Kier alpha value is -7.54. The number of ether oxygens (including phenoxy) is 8. The number of hydrogen-bond acceptors (Lipinski definition) is 10. The monoisotopic (exact) mass is 1440 g/mol. The smallest absolute Gasteiger partial charge is 0.172 e. The first-order valence-corrected chi connectivity index (χ1v) is 35.3. The molecule has 0 amide bonds. The average molecular weight is 1440 g/mol. The molecular formula is C82H86Cl6O10. The molecule has 0 aromatic heterocycles. The summed E-state index contributed by atoms with van der Waals surface area (Å²) in [5, 5.41) is 24.5. The lowest BCUT2D eigenvalue weighted by atomic mass is 10.0. The summed E-state index contributed by atoms with van der Waals surface area (Å²) in [4.78, 5) is 0. The molecular weight excluding hydrogens is 1360 g/mol. The molecule has 0 spiro atoms. The number of hydrogen-bond donors (Lipinski definition) is 2. The third kappa shape index (κ3) is 19.7. The minimum absolute atomic E-state index is 0.0559. The zero-order chi connectivity index (χ0) is 70.8. The van der Waals surface area contributed by atoms with E-state index in [4.69, 9.17) is 108 Å². The Balaban J connectivity index is 0.000000229. The topological polar surface area (TPSA) is 114 Å². The van der Waals surface area contributed by atoms with Gasteiger partial charge in [0.15, 0.2) is 46.0 Å². The molecule has 4 aliphatic rings. The molecule has 12 bridgehead atoms. The SMILES string of the molecule is Cc1cc2c(c(OC(C)C)c1)Oc1cc(c(O)cc1Cl)C/C=C(/Cl)Cc1cc(C)c(c(OC(C)C)c1)Oc1cc(c(C)cc1Cl)C/C=C\C2.Cc1cc2c(c(OC(C)C)c1)Oc1ccc(O)c(c1Cl)C/C=C(/Cl)Cc1cc(C)c(c(OC(C)C)c1)Oc1cc(c(C)cc1Cl)C/C=C\C2. The quantitative estimate of drug-likeness (QED) is 0.143. The normalized spacial score (nSPS) is 15.3. The molecule has 4 heterocycles. The highest BCUT2D eigenvalue weighted by Crippen LogP contribution is 2.47. The molecule has 2 N–H and O–H groups in total. The van der Waals surface area contributed by atoms with E-state index >= 15 is 0 Å². The van der Waals surface area contributed by atoms with Crippen LogP contribution in [0.25, 0.3) is 0 Å². The minimum Gasteiger partial charge on any atom is -0.508 e. The van der Waals surface area contributed by atoms with Gasteiger partial charge < -0.3 is 48.1 Å². The molecule has 0 saturated heterocycles. The number of halogens is 6. The fourth-order valence-electron chi connectivity index (χ4n) is 11.5. The Morgan fingerprint density at radius 2 is 0.714 bits per heavy atom. The number of phenols is 2. The fourth-order valence-corrected chi connectivity index (χ4v) is 13.0. The van der Waals surface area contributed by atoms with Crippen molar-refractivity contribution in [3.05, 3.63) is 242 Å². The molecule has 10 nitrogen and oxygen atoms in total. The first-order chi connectivity index (χ1) is 46.5. The molecule has 4 aliphatic heterocycles. The molecule has 0 unspecified atom stereocenters. The summed E-state index contributed by atoms with van der Waals surface area (Å²) < 4.78 is 51.1. The zero-order valence-corrected chi connectivity index (χ0v) is 62.6. The van der Waals surface area contributed by atoms with Crippen LogP contribution in [0.3, 0.4) is 0 Å². The average Bonchev–Trinajstić information content (AvgIpc) is 0.817. The van der Waals surface area contributed by atoms with Gasteiger partial charge in [0.1, 0.15) is 34.5 Å². The molecule has 516 valence electrons. The Kier molecular flexibility index (Phi) is 25.6. The lowest BCUT2D eigenvalue weighted by molar-refractivity contribution is 0.232. The standard InChI is InChI=1S/2C41H43Cl3O5/c1-23(2)46-38-15-25(5)14-31-11-9-8-10-29-20-36(33(43)17-26(29)6)48-40-27(7)16-28(19-39(40)47-24(3)4)18-32(42)13-12-30-21-37(49-41(31)38)34(44)22-35(30)45;1-23(2)46-37-17-25(5)16-30-11-9-8-10-29-22-36(33(43)19-26(29)6)49-40-27(7)18-28(21-38(40)47-24(3)4)20-31(42)12-13-32-34(45)14-15-35(39(32)44)48-41(30)37/h8-9,13-17,19-24,45H,10-12,18H2,1-7H3;8-9,12,14-19,21-24,45H,10-11,13,20H2,1-7H3/b9-8-,32-13+;9-8-,31-12+. The van der Waals surface area contributed by atoms with E-state index in [1.165, 1.54) is 6.07 Å². The highest BCUT2D eigenvalue weighted by atomic mass is 35.5. The van der Waals surface area contributed by atoms with Gasteiger partial charge in [-0.1, -0.05) is 130 Å². The summed E-state index contributed by atoms with van der Waals surface area (Å²) in [5.74, 6) is 6.89. The van der Waals surface area contributed by atoms with Crippen molar-refractivity contribution in [3.8, 4) is 80.5 Å². The number of phenolic OH excluding ortho intramolecular Hbond substituents is 2. The maximum absolute atomic E-state index is 10.8. The van der Waals surface area contributed by atoms with Gasteiger partial charge in [-0.05, 0) is 258 Å². The third-order valence-corrected chi connectivity index (χ3v) is 17.9. The second-order valence-electron chi connectivity index (χ2n) is 26.1. The first kappa shape index (κ1) is 74.7. The van der Waals surface area contributed by atoms with Crippen LogP contribution in [0.5, 0.6) is 80.5 Å². The van der Waals surface area contributed by atoms with E-state index in [0.29, 0.717) is 157 Å². The summed E-state index contributed by atoms with van der Waals surface area (Å²) in [6.45, 7) is 27.9. The molecule has 8 aromatic carbocycles. The van der Waals surface area contributed by atoms with Gasteiger partial charge in [-0.3, -0.25) is 0 Å². The number of aryl methyl sites for hydroxylation is 6. The van der Waals surface area contributed by atoms with Crippen molar-refractivity contribution in [1.29, 1.82) is 0 Å². The lowest BCUT2D eigenvalue weighted by Crippen LogP contribution is -2.08. The second kappa shape index (κ2) is 33.5. The Morgan fingerprint density at radius 1 is 0.347 bits per heavy atom. The van der Waals surface area contributed by atoms with E-state index in [1.54, 1.807) is 18.2 Å². The van der Waals surface area contributed by atoms with Gasteiger partial charge in [0.05, 0.1) is 44.5 Å². The number of fused-ring (bicyclic) bond motifs is 12. The molecule has 0 saturated carbocycles. The third-order valence-electron chi connectivity index (χ3n) is 16.1. The van der Waals surface area contributed by atoms with Crippen LogP contribution in [-0.2, 0) is 51.4 Å². The predicted octanol–water partition coefficient (Wildman–Crippen LogP) is 24.7. The van der Waals surface area contributed by atoms with Gasteiger partial charge in [-0.25, -0.2) is 0 Å². The van der Waals surface area contributed by atoms with Crippen LogP contribution in [0.4, 0.5) is 0 Å². The van der Waals surface area contributed by atoms with Crippen LogP contribution in [-0.4, -0.2) is 34.6 Å². The van der Waals surface area contributed by atoms with Crippen LogP contribution in [0.15, 0.2) is 144 Å². The van der Waals surface area contributed by atoms with E-state index in [0.717, 1.165) is 66.8 Å².